The molecule has 1 saturated carbocycles. The highest BCUT2D eigenvalue weighted by molar-refractivity contribution is 4.74. The molecule has 0 bridgehead atoms. The highest BCUT2D eigenvalue weighted by Gasteiger charge is 2.11. The van der Waals surface area contributed by atoms with Gasteiger partial charge in [0.2, 0.25) is 0 Å². The molecule has 2 nitrogen and oxygen atoms in total. The van der Waals surface area contributed by atoms with Crippen LogP contribution in [0.2, 0.25) is 0 Å². The van der Waals surface area contributed by atoms with Crippen LogP contribution in [0.15, 0.2) is 18.7 Å². The van der Waals surface area contributed by atoms with Crippen LogP contribution in [0.4, 0.5) is 0 Å². The topological polar surface area (TPSA) is 17.8 Å². The third-order valence-corrected chi connectivity index (χ3v) is 3.56. The first kappa shape index (κ1) is 10.7. The van der Waals surface area contributed by atoms with Crippen LogP contribution in [0, 0.1) is 5.92 Å². The maximum Gasteiger partial charge on any atom is 0.0945 e. The Morgan fingerprint density at radius 1 is 1.13 bits per heavy atom. The van der Waals surface area contributed by atoms with Crippen LogP contribution in [0.25, 0.3) is 0 Å². The molecule has 1 fully saturated rings. The number of imidazole rings is 1. The van der Waals surface area contributed by atoms with E-state index in [1.807, 2.05) is 12.5 Å². The summed E-state index contributed by atoms with van der Waals surface area (Å²) in [4.78, 5) is 4.07. The number of nitrogens with zero attached hydrogens (tertiary/aromatic N) is 2. The predicted octanol–water partition coefficient (Wildman–Crippen LogP) is 3.63. The van der Waals surface area contributed by atoms with Crippen molar-refractivity contribution in [2.24, 2.45) is 5.92 Å². The van der Waals surface area contributed by atoms with E-state index in [9.17, 15) is 0 Å². The molecule has 0 spiro atoms. The zero-order valence-electron chi connectivity index (χ0n) is 9.57. The van der Waals surface area contributed by atoms with Gasteiger partial charge in [-0.05, 0) is 18.8 Å². The molecule has 0 aromatic carbocycles. The average Bonchev–Trinajstić information content (AvgIpc) is 2.62. The van der Waals surface area contributed by atoms with Crippen molar-refractivity contribution in [1.82, 2.24) is 9.55 Å². The lowest BCUT2D eigenvalue weighted by Crippen LogP contribution is -2.02. The summed E-state index contributed by atoms with van der Waals surface area (Å²) >= 11 is 0. The highest BCUT2D eigenvalue weighted by Crippen LogP contribution is 2.26. The van der Waals surface area contributed by atoms with Gasteiger partial charge in [0.15, 0.2) is 0 Å². The molecular formula is C13H22N2. The molecule has 84 valence electrons. The molecular weight excluding hydrogens is 184 g/mol. The van der Waals surface area contributed by atoms with Gasteiger partial charge in [0.05, 0.1) is 6.33 Å². The molecule has 1 heterocycles. The standard InChI is InChI=1S/C13H22N2/c1-2-4-7-13(6-3-1)8-5-10-15-11-9-14-12-15/h9,11-13H,1-8,10H2. The fourth-order valence-electron chi connectivity index (χ4n) is 2.63. The van der Waals surface area contributed by atoms with Crippen molar-refractivity contribution in [3.63, 3.8) is 0 Å². The quantitative estimate of drug-likeness (QED) is 0.688. The molecule has 1 aromatic rings. The van der Waals surface area contributed by atoms with Crippen molar-refractivity contribution < 1.29 is 0 Å². The Morgan fingerprint density at radius 2 is 1.93 bits per heavy atom. The van der Waals surface area contributed by atoms with Gasteiger partial charge in [-0.25, -0.2) is 4.98 Å². The maximum absolute atomic E-state index is 4.07. The summed E-state index contributed by atoms with van der Waals surface area (Å²) in [5, 5.41) is 0. The Labute approximate surface area is 92.7 Å². The lowest BCUT2D eigenvalue weighted by molar-refractivity contribution is 0.401. The van der Waals surface area contributed by atoms with Gasteiger partial charge in [0, 0.05) is 18.9 Å². The van der Waals surface area contributed by atoms with E-state index in [2.05, 4.69) is 15.7 Å². The summed E-state index contributed by atoms with van der Waals surface area (Å²) in [5.41, 5.74) is 0. The Hall–Kier alpha value is -0.790. The fraction of sp³-hybridized carbons (Fsp3) is 0.769. The molecule has 0 amide bonds. The molecule has 1 aliphatic rings. The zero-order valence-corrected chi connectivity index (χ0v) is 9.57. The van der Waals surface area contributed by atoms with Crippen molar-refractivity contribution >= 4 is 0 Å². The summed E-state index contributed by atoms with van der Waals surface area (Å²) in [6.45, 7) is 1.15. The van der Waals surface area contributed by atoms with Gasteiger partial charge in [-0.15, -0.1) is 0 Å². The smallest absolute Gasteiger partial charge is 0.0945 e. The first-order valence-electron chi connectivity index (χ1n) is 6.41. The minimum atomic E-state index is 1.01. The van der Waals surface area contributed by atoms with E-state index >= 15 is 0 Å². The summed E-state index contributed by atoms with van der Waals surface area (Å²) in [6.07, 6.45) is 17.4. The molecule has 1 aliphatic carbocycles. The second-order valence-electron chi connectivity index (χ2n) is 4.80. The van der Waals surface area contributed by atoms with E-state index < -0.39 is 0 Å². The van der Waals surface area contributed by atoms with Crippen molar-refractivity contribution in [1.29, 1.82) is 0 Å². The average molecular weight is 206 g/mol. The lowest BCUT2D eigenvalue weighted by atomic mass is 9.95. The van der Waals surface area contributed by atoms with Crippen LogP contribution in [-0.2, 0) is 6.54 Å². The molecule has 1 aromatic heterocycles. The van der Waals surface area contributed by atoms with Gasteiger partial charge >= 0.3 is 0 Å². The normalized spacial score (nSPS) is 18.9. The summed E-state index contributed by atoms with van der Waals surface area (Å²) < 4.78 is 2.19. The molecule has 0 saturated heterocycles. The van der Waals surface area contributed by atoms with E-state index in [1.165, 1.54) is 51.4 Å². The van der Waals surface area contributed by atoms with Crippen molar-refractivity contribution in [2.45, 2.75) is 57.9 Å². The van der Waals surface area contributed by atoms with E-state index in [1.54, 1.807) is 0 Å². The molecule has 2 rings (SSSR count). The van der Waals surface area contributed by atoms with Gasteiger partial charge in [-0.2, -0.15) is 0 Å². The van der Waals surface area contributed by atoms with Crippen LogP contribution in [0.3, 0.4) is 0 Å². The lowest BCUT2D eigenvalue weighted by Gasteiger charge is -2.13. The second-order valence-corrected chi connectivity index (χ2v) is 4.80. The first-order chi connectivity index (χ1) is 7.45. The molecule has 0 atom stereocenters. The molecule has 0 aliphatic heterocycles. The molecule has 15 heavy (non-hydrogen) atoms. The number of rotatable bonds is 4. The maximum atomic E-state index is 4.07. The third kappa shape index (κ3) is 3.69. The van der Waals surface area contributed by atoms with Crippen LogP contribution >= 0.6 is 0 Å². The van der Waals surface area contributed by atoms with Gasteiger partial charge in [-0.3, -0.25) is 0 Å². The van der Waals surface area contributed by atoms with Gasteiger partial charge in [0.1, 0.15) is 0 Å². The fourth-order valence-corrected chi connectivity index (χ4v) is 2.63. The van der Waals surface area contributed by atoms with E-state index in [4.69, 9.17) is 0 Å². The van der Waals surface area contributed by atoms with Crippen molar-refractivity contribution in [3.8, 4) is 0 Å². The summed E-state index contributed by atoms with van der Waals surface area (Å²) in [7, 11) is 0. The van der Waals surface area contributed by atoms with Gasteiger partial charge in [0.25, 0.3) is 0 Å². The first-order valence-corrected chi connectivity index (χ1v) is 6.41. The summed E-state index contributed by atoms with van der Waals surface area (Å²) in [5.74, 6) is 1.01. The van der Waals surface area contributed by atoms with E-state index in [0.717, 1.165) is 12.5 Å². The Morgan fingerprint density at radius 3 is 2.60 bits per heavy atom. The Kier molecular flexibility index (Phi) is 4.24. The van der Waals surface area contributed by atoms with Gasteiger partial charge in [-0.1, -0.05) is 38.5 Å². The predicted molar refractivity (Wildman–Crippen MR) is 62.7 cm³/mol. The Balaban J connectivity index is 1.64. The number of hydrogen-bond acceptors (Lipinski definition) is 1. The summed E-state index contributed by atoms with van der Waals surface area (Å²) in [6, 6.07) is 0. The number of aromatic nitrogens is 2. The van der Waals surface area contributed by atoms with Crippen LogP contribution < -0.4 is 0 Å². The molecule has 2 heteroatoms. The Bertz CT molecular complexity index is 246. The third-order valence-electron chi connectivity index (χ3n) is 3.56. The van der Waals surface area contributed by atoms with E-state index in [0.29, 0.717) is 0 Å². The number of aryl methyl sites for hydroxylation is 1. The van der Waals surface area contributed by atoms with Crippen molar-refractivity contribution in [3.05, 3.63) is 18.7 Å². The van der Waals surface area contributed by atoms with Crippen LogP contribution in [0.5, 0.6) is 0 Å². The minimum absolute atomic E-state index is 1.01. The van der Waals surface area contributed by atoms with E-state index in [-0.39, 0.29) is 0 Å². The minimum Gasteiger partial charge on any atom is -0.337 e. The SMILES string of the molecule is c1cn(CCCC2CCCCCC2)cn1. The highest BCUT2D eigenvalue weighted by atomic mass is 15.0. The number of hydrogen-bond donors (Lipinski definition) is 0. The van der Waals surface area contributed by atoms with Crippen LogP contribution in [-0.4, -0.2) is 9.55 Å². The molecule has 0 unspecified atom stereocenters. The van der Waals surface area contributed by atoms with Crippen LogP contribution in [0.1, 0.15) is 51.4 Å². The zero-order chi connectivity index (χ0) is 10.3. The molecule has 0 N–H and O–H groups in total. The van der Waals surface area contributed by atoms with Gasteiger partial charge < -0.3 is 4.57 Å². The molecule has 0 radical (unpaired) electrons. The largest absolute Gasteiger partial charge is 0.337 e. The monoisotopic (exact) mass is 206 g/mol. The second kappa shape index (κ2) is 5.94. The van der Waals surface area contributed by atoms with Crippen molar-refractivity contribution in [2.75, 3.05) is 0 Å².